The van der Waals surface area contributed by atoms with Gasteiger partial charge in [-0.2, -0.15) is 0 Å². The maximum absolute atomic E-state index is 13.7. The fourth-order valence-electron chi connectivity index (χ4n) is 4.04. The highest BCUT2D eigenvalue weighted by molar-refractivity contribution is 7.98. The van der Waals surface area contributed by atoms with Gasteiger partial charge in [0, 0.05) is 29.6 Å². The Hall–Kier alpha value is -3.39. The summed E-state index contributed by atoms with van der Waals surface area (Å²) in [5.41, 5.74) is 3.15. The van der Waals surface area contributed by atoms with Crippen molar-refractivity contribution in [1.82, 2.24) is 14.5 Å². The van der Waals surface area contributed by atoms with Crippen molar-refractivity contribution in [2.45, 2.75) is 31.0 Å². The number of hydrogen-bond donors (Lipinski definition) is 2. The highest BCUT2D eigenvalue weighted by Crippen LogP contribution is 2.24. The van der Waals surface area contributed by atoms with Gasteiger partial charge in [-0.05, 0) is 48.6 Å². The fraction of sp³-hybridized carbons (Fsp3) is 0.214. The van der Waals surface area contributed by atoms with Crippen LogP contribution in [-0.4, -0.2) is 33.1 Å². The van der Waals surface area contributed by atoms with Crippen molar-refractivity contribution >= 4 is 11.8 Å². The molecule has 2 N–H and O–H groups in total. The Bertz CT molecular complexity index is 1400. The number of hydrogen-bond acceptors (Lipinski definition) is 5. The molecule has 4 rings (SSSR count). The van der Waals surface area contributed by atoms with Gasteiger partial charge in [0.25, 0.3) is 5.56 Å². The Labute approximate surface area is 208 Å². The number of aliphatic hydroxyl groups excluding tert-OH is 1. The van der Waals surface area contributed by atoms with E-state index in [9.17, 15) is 14.7 Å². The van der Waals surface area contributed by atoms with E-state index < -0.39 is 17.4 Å². The summed E-state index contributed by atoms with van der Waals surface area (Å²) in [6, 6.07) is 26.7. The number of aromatic nitrogens is 2. The minimum atomic E-state index is -0.902. The minimum absolute atomic E-state index is 0.101. The van der Waals surface area contributed by atoms with Gasteiger partial charge in [-0.25, -0.2) is 4.79 Å². The van der Waals surface area contributed by atoms with E-state index in [1.54, 1.807) is 16.3 Å². The molecule has 6 nitrogen and oxygen atoms in total. The van der Waals surface area contributed by atoms with Gasteiger partial charge < -0.3 is 10.4 Å². The van der Waals surface area contributed by atoms with Gasteiger partial charge in [-0.3, -0.25) is 13.9 Å². The van der Waals surface area contributed by atoms with Crippen molar-refractivity contribution in [1.29, 1.82) is 0 Å². The summed E-state index contributed by atoms with van der Waals surface area (Å²) in [4.78, 5) is 27.8. The van der Waals surface area contributed by atoms with Crippen LogP contribution in [0.3, 0.4) is 0 Å². The lowest BCUT2D eigenvalue weighted by molar-refractivity contribution is 0.147. The van der Waals surface area contributed by atoms with Crippen LogP contribution in [0.25, 0.3) is 16.9 Å². The normalized spacial score (nSPS) is 12.0. The van der Waals surface area contributed by atoms with E-state index in [2.05, 4.69) is 5.32 Å². The largest absolute Gasteiger partial charge is 0.390 e. The molecule has 1 aromatic heterocycles. The Morgan fingerprint density at radius 3 is 2.31 bits per heavy atom. The molecule has 0 bridgehead atoms. The summed E-state index contributed by atoms with van der Waals surface area (Å²) in [7, 11) is 0. The molecule has 0 saturated heterocycles. The van der Waals surface area contributed by atoms with Crippen LogP contribution in [0.5, 0.6) is 0 Å². The molecule has 0 aliphatic carbocycles. The highest BCUT2D eigenvalue weighted by Gasteiger charge is 2.18. The van der Waals surface area contributed by atoms with Crippen molar-refractivity contribution in [2.24, 2.45) is 0 Å². The first-order valence-electron chi connectivity index (χ1n) is 11.5. The second kappa shape index (κ2) is 11.4. The summed E-state index contributed by atoms with van der Waals surface area (Å²) >= 11 is 1.62. The molecule has 4 aromatic rings. The molecule has 35 heavy (non-hydrogen) atoms. The lowest BCUT2D eigenvalue weighted by Crippen LogP contribution is -2.43. The lowest BCUT2D eigenvalue weighted by atomic mass is 10.0. The first-order chi connectivity index (χ1) is 17.0. The molecule has 0 spiro atoms. The summed E-state index contributed by atoms with van der Waals surface area (Å²) in [5.74, 6) is 0. The molecule has 1 unspecified atom stereocenters. The molecular formula is C28H29N3O3S. The first-order valence-corrected chi connectivity index (χ1v) is 12.7. The summed E-state index contributed by atoms with van der Waals surface area (Å²) in [5, 5.41) is 13.8. The Morgan fingerprint density at radius 2 is 1.63 bits per heavy atom. The third-order valence-electron chi connectivity index (χ3n) is 5.89. The van der Waals surface area contributed by atoms with E-state index in [1.165, 1.54) is 6.07 Å². The number of thioether (sulfide) groups is 1. The quantitative estimate of drug-likeness (QED) is 0.351. The zero-order valence-corrected chi connectivity index (χ0v) is 20.7. The third kappa shape index (κ3) is 5.82. The van der Waals surface area contributed by atoms with Gasteiger partial charge in [0.1, 0.15) is 0 Å². The van der Waals surface area contributed by atoms with Crippen LogP contribution in [0.15, 0.2) is 99.4 Å². The lowest BCUT2D eigenvalue weighted by Gasteiger charge is -2.19. The van der Waals surface area contributed by atoms with Crippen molar-refractivity contribution in [3.05, 3.63) is 117 Å². The molecule has 0 amide bonds. The molecule has 7 heteroatoms. The van der Waals surface area contributed by atoms with Crippen molar-refractivity contribution < 1.29 is 5.11 Å². The average Bonchev–Trinajstić information content (AvgIpc) is 2.87. The predicted molar refractivity (Wildman–Crippen MR) is 142 cm³/mol. The number of benzene rings is 3. The van der Waals surface area contributed by atoms with Gasteiger partial charge in [0.05, 0.1) is 24.0 Å². The number of nitrogens with one attached hydrogen (secondary N) is 1. The first kappa shape index (κ1) is 24.7. The van der Waals surface area contributed by atoms with Crippen LogP contribution >= 0.6 is 11.8 Å². The van der Waals surface area contributed by atoms with Gasteiger partial charge in [-0.15, -0.1) is 11.8 Å². The smallest absolute Gasteiger partial charge is 0.336 e. The number of rotatable bonds is 9. The average molecular weight is 488 g/mol. The van der Waals surface area contributed by atoms with Crippen LogP contribution in [-0.2, 0) is 13.1 Å². The van der Waals surface area contributed by atoms with E-state index >= 15 is 0 Å². The van der Waals surface area contributed by atoms with Crippen molar-refractivity contribution in [3.8, 4) is 16.9 Å². The SMILES string of the molecule is CSc1ccc(-n2c(-c3ccccc3C)cc(=O)n(CC(O)CNCc3ccccc3)c2=O)cc1. The third-order valence-corrected chi connectivity index (χ3v) is 6.63. The number of aliphatic hydroxyl groups is 1. The molecular weight excluding hydrogens is 458 g/mol. The van der Waals surface area contributed by atoms with Crippen molar-refractivity contribution in [3.63, 3.8) is 0 Å². The van der Waals surface area contributed by atoms with Crippen LogP contribution in [0.2, 0.25) is 0 Å². The Morgan fingerprint density at radius 1 is 0.943 bits per heavy atom. The second-order valence-electron chi connectivity index (χ2n) is 8.38. The zero-order valence-electron chi connectivity index (χ0n) is 19.8. The van der Waals surface area contributed by atoms with Crippen molar-refractivity contribution in [2.75, 3.05) is 12.8 Å². The summed E-state index contributed by atoms with van der Waals surface area (Å²) in [6.45, 7) is 2.69. The Balaban J connectivity index is 1.68. The number of aryl methyl sites for hydroxylation is 1. The van der Waals surface area contributed by atoms with Gasteiger partial charge >= 0.3 is 5.69 Å². The molecule has 180 valence electrons. The molecule has 1 heterocycles. The standard InChI is InChI=1S/C28H29N3O3S/c1-20-8-6-7-11-25(20)26-16-27(33)30(19-23(32)18-29-17-21-9-4-3-5-10-21)28(34)31(26)22-12-14-24(35-2)15-13-22/h3-16,23,29,32H,17-19H2,1-2H3. The maximum Gasteiger partial charge on any atom is 0.336 e. The van der Waals surface area contributed by atoms with Crippen LogP contribution in [0.4, 0.5) is 0 Å². The molecule has 0 radical (unpaired) electrons. The molecule has 0 fully saturated rings. The van der Waals surface area contributed by atoms with Crippen LogP contribution < -0.4 is 16.6 Å². The molecule has 3 aromatic carbocycles. The van der Waals surface area contributed by atoms with Gasteiger partial charge in [0.2, 0.25) is 0 Å². The topological polar surface area (TPSA) is 76.3 Å². The maximum atomic E-state index is 13.7. The van der Waals surface area contributed by atoms with E-state index in [1.807, 2.05) is 92.0 Å². The molecule has 0 aliphatic rings. The predicted octanol–water partition coefficient (Wildman–Crippen LogP) is 3.85. The highest BCUT2D eigenvalue weighted by atomic mass is 32.2. The second-order valence-corrected chi connectivity index (χ2v) is 9.26. The van der Waals surface area contributed by atoms with E-state index in [0.29, 0.717) is 17.9 Å². The molecule has 0 saturated carbocycles. The monoisotopic (exact) mass is 487 g/mol. The van der Waals surface area contributed by atoms with Gasteiger partial charge in [0.15, 0.2) is 0 Å². The zero-order chi connectivity index (χ0) is 24.8. The summed E-state index contributed by atoms with van der Waals surface area (Å²) in [6.07, 6.45) is 1.09. The van der Waals surface area contributed by atoms with Crippen LogP contribution in [0.1, 0.15) is 11.1 Å². The summed E-state index contributed by atoms with van der Waals surface area (Å²) < 4.78 is 2.66. The molecule has 1 atom stereocenters. The van der Waals surface area contributed by atoms with E-state index in [0.717, 1.165) is 26.2 Å². The van der Waals surface area contributed by atoms with Crippen LogP contribution in [0, 0.1) is 6.92 Å². The fourth-order valence-corrected chi connectivity index (χ4v) is 4.45. The van der Waals surface area contributed by atoms with E-state index in [-0.39, 0.29) is 13.1 Å². The number of nitrogens with zero attached hydrogens (tertiary/aromatic N) is 2. The Kier molecular flexibility index (Phi) is 8.02. The van der Waals surface area contributed by atoms with Gasteiger partial charge in [-0.1, -0.05) is 54.6 Å². The minimum Gasteiger partial charge on any atom is -0.390 e. The van der Waals surface area contributed by atoms with E-state index in [4.69, 9.17) is 0 Å². The molecule has 0 aliphatic heterocycles.